The quantitative estimate of drug-likeness (QED) is 0.0210. The molecule has 688 valence electrons. The fourth-order valence-corrected chi connectivity index (χ4v) is 15.8. The van der Waals surface area contributed by atoms with Crippen molar-refractivity contribution >= 4 is 23.7 Å². The molecule has 6 aliphatic heterocycles. The Balaban J connectivity index is 1.13. The molecule has 0 spiro atoms. The van der Waals surface area contributed by atoms with Gasteiger partial charge in [0.05, 0.1) is 70.5 Å². The van der Waals surface area contributed by atoms with Gasteiger partial charge in [0, 0.05) is 26.7 Å². The smallest absolute Gasteiger partial charge is 0.364 e. The van der Waals surface area contributed by atoms with Crippen LogP contribution in [0.25, 0.3) is 0 Å². The topological polar surface area (TPSA) is 620 Å². The molecule has 0 aromatic rings. The van der Waals surface area contributed by atoms with Gasteiger partial charge in [0.15, 0.2) is 31.5 Å². The highest BCUT2D eigenvalue weighted by Gasteiger charge is 2.62. The first-order valence-electron chi connectivity index (χ1n) is 42.6. The predicted molar refractivity (Wildman–Crippen MR) is 411 cm³/mol. The second kappa shape index (κ2) is 53.6. The normalized spacial score (nSPS) is 36.4. The van der Waals surface area contributed by atoms with Crippen LogP contribution < -0.4 is 16.0 Å². The highest BCUT2D eigenvalue weighted by Crippen LogP contribution is 2.41. The van der Waals surface area contributed by atoms with Gasteiger partial charge >= 0.3 is 5.97 Å². The molecule has 3 amide bonds. The Bertz CT molecular complexity index is 2830. The van der Waals surface area contributed by atoms with Crippen molar-refractivity contribution in [3.8, 4) is 0 Å². The Morgan fingerprint density at radius 3 is 1.26 bits per heavy atom. The lowest BCUT2D eigenvalue weighted by Gasteiger charge is -2.51. The van der Waals surface area contributed by atoms with Gasteiger partial charge in [-0.15, -0.1) is 0 Å². The van der Waals surface area contributed by atoms with Gasteiger partial charge in [-0.2, -0.15) is 0 Å². The molecule has 0 radical (unpaired) electrons. The number of amides is 3. The molecular formula is C79H141N3O36. The predicted octanol–water partition coefficient (Wildman–Crippen LogP) is -3.22. The van der Waals surface area contributed by atoms with E-state index in [-0.39, 0.29) is 12.3 Å². The van der Waals surface area contributed by atoms with Gasteiger partial charge in [-0.3, -0.25) is 14.4 Å². The summed E-state index contributed by atoms with van der Waals surface area (Å²) in [5.74, 6) is -7.52. The Hall–Kier alpha value is -3.62. The fraction of sp³-hybridized carbons (Fsp3) is 0.924. The molecule has 0 aliphatic carbocycles. The summed E-state index contributed by atoms with van der Waals surface area (Å²) in [5.41, 5.74) is 0. The molecule has 39 nitrogen and oxygen atoms in total. The van der Waals surface area contributed by atoms with Crippen LogP contribution in [-0.2, 0) is 76.0 Å². The van der Waals surface area contributed by atoms with Crippen LogP contribution in [0, 0.1) is 0 Å². The molecule has 23 N–H and O–H groups in total. The number of aliphatic hydroxyl groups is 19. The van der Waals surface area contributed by atoms with Crippen LogP contribution in [0.4, 0.5) is 0 Å². The lowest BCUT2D eigenvalue weighted by molar-refractivity contribution is -0.393. The van der Waals surface area contributed by atoms with E-state index >= 15 is 0 Å². The second-order valence-electron chi connectivity index (χ2n) is 32.1. The zero-order chi connectivity index (χ0) is 86.8. The molecule has 33 atom stereocenters. The van der Waals surface area contributed by atoms with Crippen molar-refractivity contribution in [2.75, 3.05) is 46.2 Å². The van der Waals surface area contributed by atoms with Crippen molar-refractivity contribution in [2.24, 2.45) is 0 Å². The number of carboxylic acid groups (broad SMARTS) is 1. The van der Waals surface area contributed by atoms with Gasteiger partial charge in [0.25, 0.3) is 5.79 Å². The fourth-order valence-electron chi connectivity index (χ4n) is 15.8. The van der Waals surface area contributed by atoms with E-state index in [1.807, 2.05) is 6.08 Å². The Labute approximate surface area is 689 Å². The van der Waals surface area contributed by atoms with Crippen LogP contribution in [0.5, 0.6) is 0 Å². The third-order valence-electron chi connectivity index (χ3n) is 22.7. The molecule has 6 fully saturated rings. The molecule has 0 bridgehead atoms. The van der Waals surface area contributed by atoms with Crippen LogP contribution in [0.2, 0.25) is 0 Å². The summed E-state index contributed by atoms with van der Waals surface area (Å²) in [6.45, 7) is -0.729. The van der Waals surface area contributed by atoms with Crippen LogP contribution in [0.15, 0.2) is 12.2 Å². The largest absolute Gasteiger partial charge is 0.477 e. The van der Waals surface area contributed by atoms with Crippen molar-refractivity contribution in [3.63, 3.8) is 0 Å². The third kappa shape index (κ3) is 30.3. The summed E-state index contributed by atoms with van der Waals surface area (Å²) in [6, 6.07) is -4.76. The van der Waals surface area contributed by atoms with Crippen LogP contribution in [0.3, 0.4) is 0 Å². The van der Waals surface area contributed by atoms with Crippen molar-refractivity contribution in [1.82, 2.24) is 16.0 Å². The molecule has 6 saturated heterocycles. The first-order valence-corrected chi connectivity index (χ1v) is 42.6. The molecule has 0 aromatic carbocycles. The minimum Gasteiger partial charge on any atom is -0.477 e. The van der Waals surface area contributed by atoms with E-state index in [1.165, 1.54) is 109 Å². The average molecular weight is 1710 g/mol. The lowest BCUT2D eigenvalue weighted by Crippen LogP contribution is -2.71. The summed E-state index contributed by atoms with van der Waals surface area (Å²) in [5, 5.41) is 231. The zero-order valence-corrected chi connectivity index (χ0v) is 68.6. The van der Waals surface area contributed by atoms with Crippen molar-refractivity contribution < 1.29 is 178 Å². The van der Waals surface area contributed by atoms with Crippen molar-refractivity contribution in [3.05, 3.63) is 12.2 Å². The van der Waals surface area contributed by atoms with E-state index < -0.39 is 272 Å². The van der Waals surface area contributed by atoms with Gasteiger partial charge in [0.2, 0.25) is 17.7 Å². The molecule has 12 unspecified atom stereocenters. The molecule has 6 aliphatic rings. The number of ether oxygens (including phenoxy) is 12. The lowest BCUT2D eigenvalue weighted by atomic mass is 9.88. The Morgan fingerprint density at radius 2 is 0.822 bits per heavy atom. The standard InChI is InChI=1S/C79H141N3O36/c1-5-7-9-11-13-15-17-19-20-22-24-26-28-30-32-34-54(94)82-45(46(91)33-31-29-27-25-23-21-18-16-14-12-10-8-6-2)42-107-74-63(101)62(100)67(53(41-88)112-74)113-75-65(103)71(60(98)51(39-86)109-75)116-76-64(102)70(59(97)50(38-85)110-76)115-73-56(81-44(4)90)68(58(96)49(37-84)108-73)114-77-66(104)72(61(99)52(40-87)111-77)118-79(78(105)106)35-47(92)55(80-43(3)89)69(117-79)57(95)48(93)36-83/h31,33,45-53,55-77,83-88,91-93,95-104H,5-30,32,34-42H2,1-4H3,(H,80,89)(H,81,90)(H,82,94)(H,105,106)/b33-31+/t45-,46+,47?,48+,49?,50?,51?,52?,53?,55+,56?,57+,58-,59-,60-,61-,62+,63?,64?,65?,66?,67+,68+,69?,70-,71-,72-,73-,74+,75-,76+,77-,79-/m0/s1. The second-order valence-corrected chi connectivity index (χ2v) is 32.1. The maximum atomic E-state index is 13.5. The number of aliphatic carboxylic acids is 1. The number of nitrogens with one attached hydrogen (secondary N) is 3. The summed E-state index contributed by atoms with van der Waals surface area (Å²) < 4.78 is 70.6. The van der Waals surface area contributed by atoms with E-state index in [4.69, 9.17) is 56.8 Å². The van der Waals surface area contributed by atoms with Crippen LogP contribution in [-0.4, -0.2) is 374 Å². The first kappa shape index (κ1) is 103. The van der Waals surface area contributed by atoms with E-state index in [0.717, 1.165) is 65.2 Å². The molecular weight excluding hydrogens is 1570 g/mol. The van der Waals surface area contributed by atoms with Gasteiger partial charge in [-0.25, -0.2) is 4.79 Å². The van der Waals surface area contributed by atoms with E-state index in [0.29, 0.717) is 12.8 Å². The average Bonchev–Trinajstić information content (AvgIpc) is 0.759. The SMILES string of the molecule is CCCCCCCCCCCCC/C=C/[C@@H](O)[C@H](CO[C@@H]1OC(CO)[C@@H](O[C@@H]2OC(CO)[C@H](O)[C@H](O[C@H]3OC(CO)[C@H](O)[C@H](O[C@@H]4OC(CO)[C@H](O)[C@H](O[C@@H]5OC(CO)[C@H](O)[C@H](O[C@]6(C(=O)O)CC(O)[C@@H](NC(C)=O)C([C@H](O)[C@H](O)CO)O6)C5O)C4NC(C)=O)C3O)C2O)[C@H](O)C1O)NC(=O)CCCCCCCCCCCCCCCCC. The monoisotopic (exact) mass is 1710 g/mol. The van der Waals surface area contributed by atoms with Crippen LogP contribution >= 0.6 is 0 Å². The number of carbonyl (C=O) groups excluding carboxylic acids is 3. The summed E-state index contributed by atoms with van der Waals surface area (Å²) in [7, 11) is 0. The third-order valence-corrected chi connectivity index (χ3v) is 22.7. The molecule has 0 saturated carbocycles. The van der Waals surface area contributed by atoms with Crippen molar-refractivity contribution in [1.29, 1.82) is 0 Å². The van der Waals surface area contributed by atoms with E-state index in [2.05, 4.69) is 29.8 Å². The minimum atomic E-state index is -3.25. The summed E-state index contributed by atoms with van der Waals surface area (Å²) >= 11 is 0. The van der Waals surface area contributed by atoms with Crippen LogP contribution in [0.1, 0.15) is 214 Å². The highest BCUT2D eigenvalue weighted by molar-refractivity contribution is 5.77. The number of hydrogen-bond donors (Lipinski definition) is 23. The van der Waals surface area contributed by atoms with Crippen molar-refractivity contribution in [2.45, 2.75) is 416 Å². The van der Waals surface area contributed by atoms with Gasteiger partial charge in [0.1, 0.15) is 140 Å². The number of carboxylic acids is 1. The van der Waals surface area contributed by atoms with E-state index in [9.17, 15) is 121 Å². The molecule has 6 heterocycles. The van der Waals surface area contributed by atoms with Gasteiger partial charge in [-0.05, 0) is 19.3 Å². The molecule has 0 aromatic heterocycles. The number of unbranched alkanes of at least 4 members (excludes halogenated alkanes) is 25. The summed E-state index contributed by atoms with van der Waals surface area (Å²) in [6.07, 6.45) is -27.0. The number of aliphatic hydroxyl groups excluding tert-OH is 19. The Morgan fingerprint density at radius 1 is 0.441 bits per heavy atom. The number of hydrogen-bond acceptors (Lipinski definition) is 35. The van der Waals surface area contributed by atoms with E-state index in [1.54, 1.807) is 6.08 Å². The Kier molecular flexibility index (Phi) is 46.9. The molecule has 6 rings (SSSR count). The minimum absolute atomic E-state index is 0.158. The zero-order valence-electron chi connectivity index (χ0n) is 68.6. The first-order chi connectivity index (χ1) is 56.5. The maximum Gasteiger partial charge on any atom is 0.364 e. The number of carbonyl (C=O) groups is 4. The molecule has 39 heteroatoms. The summed E-state index contributed by atoms with van der Waals surface area (Å²) in [4.78, 5) is 52.1. The number of allylic oxidation sites excluding steroid dienone is 1. The van der Waals surface area contributed by atoms with Gasteiger partial charge in [-0.1, -0.05) is 180 Å². The molecule has 118 heavy (non-hydrogen) atoms. The highest BCUT2D eigenvalue weighted by atomic mass is 16.8. The maximum absolute atomic E-state index is 13.5. The van der Waals surface area contributed by atoms with Gasteiger partial charge < -0.3 is 175 Å². The number of rotatable bonds is 55.